The van der Waals surface area contributed by atoms with Gasteiger partial charge in [-0.3, -0.25) is 9.59 Å². The highest BCUT2D eigenvalue weighted by atomic mass is 35.5. The molecule has 3 rings (SSSR count). The fourth-order valence-corrected chi connectivity index (χ4v) is 6.04. The maximum absolute atomic E-state index is 12.4. The molecule has 1 aromatic heterocycles. The van der Waals surface area contributed by atoms with E-state index in [-0.39, 0.29) is 4.90 Å². The molecule has 11 heteroatoms. The number of nitrogens with one attached hydrogen (secondary N) is 2. The summed E-state index contributed by atoms with van der Waals surface area (Å²) >= 11 is 7.13. The third-order valence-electron chi connectivity index (χ3n) is 5.03. The van der Waals surface area contributed by atoms with Crippen LogP contribution in [0.2, 0.25) is 5.02 Å². The molecule has 0 fully saturated rings. The average molecular weight is 496 g/mol. The monoisotopic (exact) mass is 495 g/mol. The van der Waals surface area contributed by atoms with Gasteiger partial charge in [0.25, 0.3) is 5.91 Å². The van der Waals surface area contributed by atoms with Gasteiger partial charge >= 0.3 is 5.97 Å². The quantitative estimate of drug-likeness (QED) is 0.568. The number of carbonyl (C=O) groups is 2. The number of rotatable bonds is 7. The normalized spacial score (nSPS) is 16.5. The minimum absolute atomic E-state index is 0.0562. The second-order valence-corrected chi connectivity index (χ2v) is 10.9. The molecular formula is C21H22ClN3O5S2. The highest BCUT2D eigenvalue weighted by Gasteiger charge is 2.26. The molecule has 0 radical (unpaired) electrons. The zero-order chi connectivity index (χ0) is 23.5. The molecule has 0 saturated heterocycles. The van der Waals surface area contributed by atoms with Crippen LogP contribution in [0.25, 0.3) is 0 Å². The predicted octanol–water partition coefficient (Wildman–Crippen LogP) is 3.25. The number of sulfonamides is 1. The first-order valence-electron chi connectivity index (χ1n) is 9.89. The summed E-state index contributed by atoms with van der Waals surface area (Å²) in [5, 5.41) is 13.0. The van der Waals surface area contributed by atoms with E-state index in [4.69, 9.17) is 16.3 Å². The number of thiophene rings is 1. The SMILES string of the molecule is CC1CCc2c(sc(NC(=O)COC(=O)[C@@H](C)NS(=O)(=O)c3ccc(Cl)cc3)c2C#N)C1. The van der Waals surface area contributed by atoms with Crippen molar-refractivity contribution in [2.75, 3.05) is 11.9 Å². The fourth-order valence-electron chi connectivity index (χ4n) is 3.34. The maximum atomic E-state index is 12.4. The molecule has 0 aliphatic heterocycles. The first-order chi connectivity index (χ1) is 15.1. The first kappa shape index (κ1) is 24.2. The molecule has 1 amide bonds. The molecule has 1 heterocycles. The van der Waals surface area contributed by atoms with Gasteiger partial charge in [0.1, 0.15) is 17.1 Å². The third-order valence-corrected chi connectivity index (χ3v) is 8.01. The van der Waals surface area contributed by atoms with Crippen LogP contribution in [0.4, 0.5) is 5.00 Å². The highest BCUT2D eigenvalue weighted by Crippen LogP contribution is 2.39. The lowest BCUT2D eigenvalue weighted by Gasteiger charge is -2.17. The van der Waals surface area contributed by atoms with Gasteiger partial charge in [0.05, 0.1) is 10.5 Å². The van der Waals surface area contributed by atoms with Gasteiger partial charge in [-0.25, -0.2) is 8.42 Å². The van der Waals surface area contributed by atoms with E-state index < -0.39 is 34.5 Å². The van der Waals surface area contributed by atoms with Gasteiger partial charge in [0.15, 0.2) is 6.61 Å². The number of benzene rings is 1. The minimum Gasteiger partial charge on any atom is -0.454 e. The predicted molar refractivity (Wildman–Crippen MR) is 121 cm³/mol. The summed E-state index contributed by atoms with van der Waals surface area (Å²) in [6.45, 7) is 2.86. The number of hydrogen-bond donors (Lipinski definition) is 2. The summed E-state index contributed by atoms with van der Waals surface area (Å²) in [6, 6.07) is 6.40. The van der Waals surface area contributed by atoms with Crippen molar-refractivity contribution in [2.24, 2.45) is 5.92 Å². The molecule has 2 N–H and O–H groups in total. The number of carbonyl (C=O) groups excluding carboxylic acids is 2. The van der Waals surface area contributed by atoms with Crippen molar-refractivity contribution in [1.29, 1.82) is 5.26 Å². The fraction of sp³-hybridized carbons (Fsp3) is 0.381. The lowest BCUT2D eigenvalue weighted by molar-refractivity contribution is -0.148. The molecule has 2 atom stereocenters. The van der Waals surface area contributed by atoms with Crippen LogP contribution in [-0.4, -0.2) is 32.9 Å². The van der Waals surface area contributed by atoms with Crippen LogP contribution in [0.15, 0.2) is 29.2 Å². The maximum Gasteiger partial charge on any atom is 0.324 e. The van der Waals surface area contributed by atoms with Crippen molar-refractivity contribution in [2.45, 2.75) is 44.0 Å². The van der Waals surface area contributed by atoms with E-state index in [1.807, 2.05) is 0 Å². The number of nitriles is 1. The van der Waals surface area contributed by atoms with Crippen LogP contribution in [0.5, 0.6) is 0 Å². The summed E-state index contributed by atoms with van der Waals surface area (Å²) < 4.78 is 31.9. The largest absolute Gasteiger partial charge is 0.454 e. The molecule has 2 aromatic rings. The van der Waals surface area contributed by atoms with Gasteiger partial charge in [-0.05, 0) is 61.9 Å². The van der Waals surface area contributed by atoms with E-state index in [2.05, 4.69) is 23.0 Å². The number of halogens is 1. The molecule has 170 valence electrons. The standard InChI is InChI=1S/C21H22ClN3O5S2/c1-12-3-8-16-17(10-23)20(31-18(16)9-12)24-19(26)11-30-21(27)13(2)25-32(28,29)15-6-4-14(22)5-7-15/h4-7,12-13,25H,3,8-9,11H2,1-2H3,(H,24,26)/t12?,13-/m1/s1. The average Bonchev–Trinajstić information content (AvgIpc) is 3.07. The van der Waals surface area contributed by atoms with Crippen LogP contribution in [0.1, 0.15) is 36.3 Å². The molecule has 0 bridgehead atoms. The van der Waals surface area contributed by atoms with Crippen molar-refractivity contribution in [1.82, 2.24) is 4.72 Å². The first-order valence-corrected chi connectivity index (χ1v) is 12.6. The summed E-state index contributed by atoms with van der Waals surface area (Å²) in [4.78, 5) is 25.5. The third kappa shape index (κ3) is 5.66. The second-order valence-electron chi connectivity index (χ2n) is 7.62. The molecule has 1 aromatic carbocycles. The summed E-state index contributed by atoms with van der Waals surface area (Å²) in [6.07, 6.45) is 2.66. The van der Waals surface area contributed by atoms with Gasteiger partial charge in [0, 0.05) is 9.90 Å². The van der Waals surface area contributed by atoms with Crippen LogP contribution in [0.3, 0.4) is 0 Å². The van der Waals surface area contributed by atoms with Crippen molar-refractivity contribution < 1.29 is 22.7 Å². The van der Waals surface area contributed by atoms with E-state index in [1.165, 1.54) is 42.5 Å². The molecule has 0 spiro atoms. The zero-order valence-electron chi connectivity index (χ0n) is 17.5. The van der Waals surface area contributed by atoms with Gasteiger partial charge in [0.2, 0.25) is 10.0 Å². The van der Waals surface area contributed by atoms with Crippen LogP contribution in [-0.2, 0) is 37.2 Å². The van der Waals surface area contributed by atoms with E-state index in [1.54, 1.807) is 0 Å². The summed E-state index contributed by atoms with van der Waals surface area (Å²) in [5.74, 6) is -0.984. The van der Waals surface area contributed by atoms with Crippen LogP contribution in [0, 0.1) is 17.2 Å². The second kappa shape index (κ2) is 10.0. The Labute approximate surface area is 195 Å². The van der Waals surface area contributed by atoms with E-state index >= 15 is 0 Å². The Hall–Kier alpha value is -2.45. The molecule has 1 aliphatic carbocycles. The molecule has 1 unspecified atom stereocenters. The zero-order valence-corrected chi connectivity index (χ0v) is 19.9. The summed E-state index contributed by atoms with van der Waals surface area (Å²) in [7, 11) is -3.97. The number of hydrogen-bond acceptors (Lipinski definition) is 7. The van der Waals surface area contributed by atoms with E-state index in [0.717, 1.165) is 29.7 Å². The number of nitrogens with zero attached hydrogens (tertiary/aromatic N) is 1. The molecular weight excluding hydrogens is 474 g/mol. The lowest BCUT2D eigenvalue weighted by atomic mass is 9.89. The van der Waals surface area contributed by atoms with Gasteiger partial charge in [-0.2, -0.15) is 9.98 Å². The molecule has 32 heavy (non-hydrogen) atoms. The topological polar surface area (TPSA) is 125 Å². The summed E-state index contributed by atoms with van der Waals surface area (Å²) in [5.41, 5.74) is 1.44. The Morgan fingerprint density at radius 1 is 1.34 bits per heavy atom. The van der Waals surface area contributed by atoms with Gasteiger partial charge in [-0.15, -0.1) is 11.3 Å². The number of ether oxygens (including phenoxy) is 1. The molecule has 8 nitrogen and oxygen atoms in total. The van der Waals surface area contributed by atoms with E-state index in [9.17, 15) is 23.3 Å². The Balaban J connectivity index is 1.56. The number of amides is 1. The smallest absolute Gasteiger partial charge is 0.324 e. The Bertz CT molecular complexity index is 1170. The lowest BCUT2D eigenvalue weighted by Crippen LogP contribution is -2.40. The minimum atomic E-state index is -3.97. The van der Waals surface area contributed by atoms with Crippen molar-refractivity contribution >= 4 is 49.8 Å². The number of fused-ring (bicyclic) bond motifs is 1. The Morgan fingerprint density at radius 2 is 2.03 bits per heavy atom. The molecule has 1 aliphatic rings. The number of anilines is 1. The van der Waals surface area contributed by atoms with Gasteiger partial charge in [-0.1, -0.05) is 18.5 Å². The Morgan fingerprint density at radius 3 is 2.69 bits per heavy atom. The van der Waals surface area contributed by atoms with Crippen LogP contribution >= 0.6 is 22.9 Å². The van der Waals surface area contributed by atoms with Crippen molar-refractivity contribution in [3.63, 3.8) is 0 Å². The molecule has 0 saturated carbocycles. The van der Waals surface area contributed by atoms with Crippen LogP contribution < -0.4 is 10.0 Å². The van der Waals surface area contributed by atoms with Gasteiger partial charge < -0.3 is 10.1 Å². The Kier molecular flexibility index (Phi) is 7.56. The van der Waals surface area contributed by atoms with Crippen molar-refractivity contribution in [3.8, 4) is 6.07 Å². The van der Waals surface area contributed by atoms with Crippen molar-refractivity contribution in [3.05, 3.63) is 45.3 Å². The number of esters is 1. The highest BCUT2D eigenvalue weighted by molar-refractivity contribution is 7.89. The van der Waals surface area contributed by atoms with E-state index in [0.29, 0.717) is 21.5 Å².